The Balaban J connectivity index is 2.09. The van der Waals surface area contributed by atoms with Gasteiger partial charge in [-0.05, 0) is 55.8 Å². The van der Waals surface area contributed by atoms with Gasteiger partial charge in [0.15, 0.2) is 0 Å². The van der Waals surface area contributed by atoms with Crippen molar-refractivity contribution in [3.05, 3.63) is 0 Å². The highest BCUT2D eigenvalue weighted by atomic mass is 14.5. The van der Waals surface area contributed by atoms with E-state index in [1.54, 1.807) is 38.5 Å². The number of rotatable bonds is 12. The molecule has 0 aromatic heterocycles. The van der Waals surface area contributed by atoms with Crippen LogP contribution in [-0.2, 0) is 0 Å². The molecule has 0 aromatic rings. The number of hydrogen-bond acceptors (Lipinski definition) is 0. The molecular weight excluding hydrogens is 300 g/mol. The van der Waals surface area contributed by atoms with Gasteiger partial charge in [-0.15, -0.1) is 0 Å². The summed E-state index contributed by atoms with van der Waals surface area (Å²) in [6, 6.07) is 0. The van der Waals surface area contributed by atoms with E-state index in [-0.39, 0.29) is 0 Å². The van der Waals surface area contributed by atoms with Gasteiger partial charge in [0.2, 0.25) is 0 Å². The van der Waals surface area contributed by atoms with Crippen LogP contribution in [0.2, 0.25) is 0 Å². The zero-order valence-corrected chi connectivity index (χ0v) is 17.8. The van der Waals surface area contributed by atoms with Gasteiger partial charge in [-0.25, -0.2) is 0 Å². The Labute approximate surface area is 159 Å². The minimum Gasteiger partial charge on any atom is -0.0654 e. The first kappa shape index (κ1) is 21.3. The summed E-state index contributed by atoms with van der Waals surface area (Å²) in [6.45, 7) is 4.72. The third kappa shape index (κ3) is 6.59. The highest BCUT2D eigenvalue weighted by Crippen LogP contribution is 2.54. The van der Waals surface area contributed by atoms with Crippen LogP contribution in [0.15, 0.2) is 0 Å². The molecule has 0 nitrogen and oxygen atoms in total. The molecule has 2 aliphatic carbocycles. The van der Waals surface area contributed by atoms with Gasteiger partial charge in [0.1, 0.15) is 0 Å². The van der Waals surface area contributed by atoms with Gasteiger partial charge in [-0.3, -0.25) is 0 Å². The van der Waals surface area contributed by atoms with E-state index in [4.69, 9.17) is 0 Å². The average Bonchev–Trinajstić information content (AvgIpc) is 2.68. The first-order valence-corrected chi connectivity index (χ1v) is 12.3. The van der Waals surface area contributed by atoms with Crippen LogP contribution in [0.5, 0.6) is 0 Å². The molecule has 0 atom stereocenters. The summed E-state index contributed by atoms with van der Waals surface area (Å²) >= 11 is 0. The minimum absolute atomic E-state index is 0.738. The summed E-state index contributed by atoms with van der Waals surface area (Å²) in [5.74, 6) is 2.15. The Morgan fingerprint density at radius 1 is 0.520 bits per heavy atom. The fourth-order valence-corrected chi connectivity index (χ4v) is 6.39. The molecule has 0 heteroatoms. The van der Waals surface area contributed by atoms with Crippen LogP contribution < -0.4 is 0 Å². The van der Waals surface area contributed by atoms with Crippen molar-refractivity contribution in [2.45, 2.75) is 142 Å². The molecule has 25 heavy (non-hydrogen) atoms. The van der Waals surface area contributed by atoms with Gasteiger partial charge < -0.3 is 0 Å². The highest BCUT2D eigenvalue weighted by molar-refractivity contribution is 4.94. The number of unbranched alkanes of at least 4 members (excludes halogenated alkanes) is 6. The van der Waals surface area contributed by atoms with Crippen LogP contribution in [0.4, 0.5) is 0 Å². The van der Waals surface area contributed by atoms with E-state index < -0.39 is 0 Å². The Morgan fingerprint density at radius 2 is 0.920 bits per heavy atom. The molecular formula is C25H48. The molecule has 2 saturated carbocycles. The lowest BCUT2D eigenvalue weighted by atomic mass is 9.55. The molecule has 0 aliphatic heterocycles. The largest absolute Gasteiger partial charge is 0.0654 e. The fraction of sp³-hybridized carbons (Fsp3) is 1.00. The quantitative estimate of drug-likeness (QED) is 0.308. The van der Waals surface area contributed by atoms with Crippen molar-refractivity contribution < 1.29 is 0 Å². The van der Waals surface area contributed by atoms with Gasteiger partial charge in [0.05, 0.1) is 0 Å². The maximum absolute atomic E-state index is 2.36. The van der Waals surface area contributed by atoms with Crippen molar-refractivity contribution in [3.63, 3.8) is 0 Å². The van der Waals surface area contributed by atoms with Gasteiger partial charge in [-0.1, -0.05) is 104 Å². The van der Waals surface area contributed by atoms with Gasteiger partial charge in [-0.2, -0.15) is 0 Å². The van der Waals surface area contributed by atoms with E-state index in [0.29, 0.717) is 0 Å². The Kier molecular flexibility index (Phi) is 10.6. The van der Waals surface area contributed by atoms with Crippen molar-refractivity contribution in [2.24, 2.45) is 17.3 Å². The van der Waals surface area contributed by atoms with Gasteiger partial charge >= 0.3 is 0 Å². The molecule has 0 saturated heterocycles. The third-order valence-electron chi connectivity index (χ3n) is 7.83. The number of hydrogen-bond donors (Lipinski definition) is 0. The zero-order chi connectivity index (χ0) is 17.8. The first-order chi connectivity index (χ1) is 12.3. The lowest BCUT2D eigenvalue weighted by Gasteiger charge is -2.50. The van der Waals surface area contributed by atoms with Crippen LogP contribution in [-0.4, -0.2) is 0 Å². The van der Waals surface area contributed by atoms with Crippen molar-refractivity contribution in [1.82, 2.24) is 0 Å². The fourth-order valence-electron chi connectivity index (χ4n) is 6.39. The summed E-state index contributed by atoms with van der Waals surface area (Å²) in [6.07, 6.45) is 30.3. The van der Waals surface area contributed by atoms with E-state index >= 15 is 0 Å². The predicted octanol–water partition coefficient (Wildman–Crippen LogP) is 9.07. The second-order valence-electron chi connectivity index (χ2n) is 9.52. The lowest BCUT2D eigenvalue weighted by Crippen LogP contribution is -2.40. The van der Waals surface area contributed by atoms with Crippen molar-refractivity contribution in [1.29, 1.82) is 0 Å². The van der Waals surface area contributed by atoms with Crippen molar-refractivity contribution >= 4 is 0 Å². The topological polar surface area (TPSA) is 0 Å². The van der Waals surface area contributed by atoms with Gasteiger partial charge in [0, 0.05) is 0 Å². The molecule has 2 aliphatic rings. The molecule has 0 unspecified atom stereocenters. The predicted molar refractivity (Wildman–Crippen MR) is 113 cm³/mol. The maximum Gasteiger partial charge on any atom is -0.0241 e. The van der Waals surface area contributed by atoms with Crippen LogP contribution >= 0.6 is 0 Å². The van der Waals surface area contributed by atoms with E-state index in [0.717, 1.165) is 17.3 Å². The molecule has 0 heterocycles. The van der Waals surface area contributed by atoms with E-state index in [1.807, 2.05) is 0 Å². The van der Waals surface area contributed by atoms with Crippen LogP contribution in [0, 0.1) is 17.3 Å². The molecule has 0 spiro atoms. The standard InChI is InChI=1S/C25H48/c1-3-5-7-15-21-25(22-16-8-6-4-2,23-17-11-9-12-18-23)24-19-13-10-14-20-24/h23-24H,3-22H2,1-2H3. The molecule has 2 rings (SSSR count). The summed E-state index contributed by atoms with van der Waals surface area (Å²) in [7, 11) is 0. The van der Waals surface area contributed by atoms with Crippen molar-refractivity contribution in [3.8, 4) is 0 Å². The summed E-state index contributed by atoms with van der Waals surface area (Å²) < 4.78 is 0. The second kappa shape index (κ2) is 12.4. The van der Waals surface area contributed by atoms with Crippen LogP contribution in [0.3, 0.4) is 0 Å². The maximum atomic E-state index is 2.36. The normalized spacial score (nSPS) is 20.9. The Hall–Kier alpha value is 0. The molecule has 0 radical (unpaired) electrons. The molecule has 0 bridgehead atoms. The SMILES string of the molecule is CCCCCCC(CCCCCC)(C1CCCCC1)C1CCCCC1. The highest BCUT2D eigenvalue weighted by Gasteiger charge is 2.44. The smallest absolute Gasteiger partial charge is 0.0241 e. The van der Waals surface area contributed by atoms with E-state index in [1.165, 1.54) is 89.9 Å². The van der Waals surface area contributed by atoms with Crippen LogP contribution in [0.1, 0.15) is 142 Å². The molecule has 2 fully saturated rings. The van der Waals surface area contributed by atoms with Gasteiger partial charge in [0.25, 0.3) is 0 Å². The summed E-state index contributed by atoms with van der Waals surface area (Å²) in [4.78, 5) is 0. The molecule has 0 amide bonds. The average molecular weight is 349 g/mol. The van der Waals surface area contributed by atoms with E-state index in [9.17, 15) is 0 Å². The molecule has 0 aromatic carbocycles. The zero-order valence-electron chi connectivity index (χ0n) is 17.8. The second-order valence-corrected chi connectivity index (χ2v) is 9.52. The molecule has 0 N–H and O–H groups in total. The third-order valence-corrected chi connectivity index (χ3v) is 7.83. The van der Waals surface area contributed by atoms with E-state index in [2.05, 4.69) is 13.8 Å². The minimum atomic E-state index is 0.738. The lowest BCUT2D eigenvalue weighted by molar-refractivity contribution is 0.000195. The van der Waals surface area contributed by atoms with Crippen LogP contribution in [0.25, 0.3) is 0 Å². The Bertz CT molecular complexity index is 274. The Morgan fingerprint density at radius 3 is 1.28 bits per heavy atom. The molecule has 148 valence electrons. The van der Waals surface area contributed by atoms with Crippen molar-refractivity contribution in [2.75, 3.05) is 0 Å². The monoisotopic (exact) mass is 348 g/mol. The summed E-state index contributed by atoms with van der Waals surface area (Å²) in [5.41, 5.74) is 0.738. The summed E-state index contributed by atoms with van der Waals surface area (Å²) in [5, 5.41) is 0. The first-order valence-electron chi connectivity index (χ1n) is 12.3.